The van der Waals surface area contributed by atoms with E-state index in [0.717, 1.165) is 71.3 Å². The minimum Gasteiger partial charge on any atom is -0.455 e. The molecule has 0 spiro atoms. The summed E-state index contributed by atoms with van der Waals surface area (Å²) in [4.78, 5) is 15.7. The highest BCUT2D eigenvalue weighted by Gasteiger charge is 2.21. The van der Waals surface area contributed by atoms with Gasteiger partial charge in [-0.25, -0.2) is 15.0 Å². The molecule has 12 rings (SSSR count). The van der Waals surface area contributed by atoms with E-state index in [-0.39, 0.29) is 0 Å². The van der Waals surface area contributed by atoms with Crippen molar-refractivity contribution in [3.8, 4) is 45.3 Å². The predicted octanol–water partition coefficient (Wildman–Crippen LogP) is 14.3. The summed E-state index contributed by atoms with van der Waals surface area (Å²) in [5.41, 5.74) is 6.94. The highest BCUT2D eigenvalue weighted by atomic mass is 32.1. The van der Waals surface area contributed by atoms with E-state index in [9.17, 15) is 0 Å². The van der Waals surface area contributed by atoms with E-state index < -0.39 is 0 Å². The van der Waals surface area contributed by atoms with Gasteiger partial charge in [0.05, 0.1) is 0 Å². The zero-order valence-electron chi connectivity index (χ0n) is 29.9. The van der Waals surface area contributed by atoms with E-state index in [1.54, 1.807) is 11.3 Å². The molecule has 9 aromatic carbocycles. The van der Waals surface area contributed by atoms with E-state index in [1.165, 1.54) is 30.9 Å². The Labute approximate surface area is 325 Å². The fraction of sp³-hybridized carbons (Fsp3) is 0. The normalized spacial score (nSPS) is 11.9. The fourth-order valence-electron chi connectivity index (χ4n) is 8.63. The van der Waals surface area contributed by atoms with Crippen molar-refractivity contribution < 1.29 is 4.42 Å². The second-order valence-corrected chi connectivity index (χ2v) is 15.4. The van der Waals surface area contributed by atoms with Crippen LogP contribution in [0.15, 0.2) is 180 Å². The molecule has 3 aromatic heterocycles. The molecular weight excluding hydrogens is 703 g/mol. The molecule has 0 atom stereocenters. The standard InChI is InChI=1S/C51H29N3OS/c1-2-14-31(15-3-1)49-52-50(54-51(53-49)40-23-12-26-44-46(40)39-18-7-9-25-43(39)56-44)37-22-11-19-34-35(37)20-10-21-36(34)41-29-32-28-27-30-13-4-5-16-33(30)45(32)48-47(41)38-17-6-8-24-42(38)55-48/h1-29H. The van der Waals surface area contributed by atoms with E-state index in [4.69, 9.17) is 19.4 Å². The number of thiophene rings is 1. The number of furan rings is 1. The Balaban J connectivity index is 1.13. The molecule has 0 aliphatic carbocycles. The van der Waals surface area contributed by atoms with Gasteiger partial charge in [0.25, 0.3) is 0 Å². The Morgan fingerprint density at radius 2 is 0.964 bits per heavy atom. The number of hydrogen-bond donors (Lipinski definition) is 0. The van der Waals surface area contributed by atoms with Gasteiger partial charge in [0, 0.05) is 53.0 Å². The van der Waals surface area contributed by atoms with Crippen molar-refractivity contribution in [2.24, 2.45) is 0 Å². The summed E-state index contributed by atoms with van der Waals surface area (Å²) in [6, 6.07) is 62.0. The van der Waals surface area contributed by atoms with Crippen molar-refractivity contribution in [3.63, 3.8) is 0 Å². The second-order valence-electron chi connectivity index (χ2n) is 14.3. The summed E-state index contributed by atoms with van der Waals surface area (Å²) in [5, 5.41) is 11.4. The molecule has 0 radical (unpaired) electrons. The largest absolute Gasteiger partial charge is 0.455 e. The molecule has 3 heterocycles. The maximum absolute atomic E-state index is 6.78. The molecule has 0 aliphatic rings. The summed E-state index contributed by atoms with van der Waals surface area (Å²) in [5.74, 6) is 1.94. The molecule has 0 unspecified atom stereocenters. The Kier molecular flexibility index (Phi) is 6.76. The Morgan fingerprint density at radius 3 is 1.84 bits per heavy atom. The molecule has 4 nitrogen and oxygen atoms in total. The van der Waals surface area contributed by atoms with Gasteiger partial charge in [-0.15, -0.1) is 11.3 Å². The van der Waals surface area contributed by atoms with Crippen molar-refractivity contribution in [3.05, 3.63) is 176 Å². The third-order valence-electron chi connectivity index (χ3n) is 11.1. The average Bonchev–Trinajstić information content (AvgIpc) is 3.85. The summed E-state index contributed by atoms with van der Waals surface area (Å²) >= 11 is 1.80. The molecule has 0 bridgehead atoms. The van der Waals surface area contributed by atoms with Crippen LogP contribution in [0.25, 0.3) is 120 Å². The first-order valence-corrected chi connectivity index (χ1v) is 19.6. The third-order valence-corrected chi connectivity index (χ3v) is 12.3. The highest BCUT2D eigenvalue weighted by Crippen LogP contribution is 2.46. The second kappa shape index (κ2) is 12.2. The average molecular weight is 732 g/mol. The first kappa shape index (κ1) is 31.2. The van der Waals surface area contributed by atoms with Gasteiger partial charge >= 0.3 is 0 Å². The molecule has 260 valence electrons. The van der Waals surface area contributed by atoms with E-state index in [0.29, 0.717) is 17.5 Å². The lowest BCUT2D eigenvalue weighted by atomic mass is 9.90. The Hall–Kier alpha value is -7.21. The first-order valence-electron chi connectivity index (χ1n) is 18.8. The van der Waals surface area contributed by atoms with Gasteiger partial charge in [-0.3, -0.25) is 0 Å². The van der Waals surface area contributed by atoms with Crippen molar-refractivity contribution in [2.45, 2.75) is 0 Å². The highest BCUT2D eigenvalue weighted by molar-refractivity contribution is 7.25. The minimum atomic E-state index is 0.636. The number of nitrogens with zero attached hydrogens (tertiary/aromatic N) is 3. The quantitative estimate of drug-likeness (QED) is 0.169. The summed E-state index contributed by atoms with van der Waals surface area (Å²) in [6.45, 7) is 0. The van der Waals surface area contributed by atoms with Crippen LogP contribution in [0.1, 0.15) is 0 Å². The van der Waals surface area contributed by atoms with Gasteiger partial charge in [-0.2, -0.15) is 0 Å². The van der Waals surface area contributed by atoms with Crippen LogP contribution in [0.3, 0.4) is 0 Å². The van der Waals surface area contributed by atoms with Crippen LogP contribution < -0.4 is 0 Å². The lowest BCUT2D eigenvalue weighted by molar-refractivity contribution is 0.673. The van der Waals surface area contributed by atoms with E-state index in [1.807, 2.05) is 24.3 Å². The Bertz CT molecular complexity index is 3550. The zero-order chi connectivity index (χ0) is 36.7. The van der Waals surface area contributed by atoms with Gasteiger partial charge in [-0.1, -0.05) is 152 Å². The number of benzene rings is 9. The van der Waals surface area contributed by atoms with E-state index >= 15 is 0 Å². The SMILES string of the molecule is c1ccc(-c2nc(-c3cccc4c(-c5cc6ccc7ccccc7c6c6oc7ccccc7c56)cccc34)nc(-c3cccc4sc5ccccc5c34)n2)cc1. The fourth-order valence-corrected chi connectivity index (χ4v) is 9.76. The first-order chi connectivity index (χ1) is 27.8. The smallest absolute Gasteiger partial charge is 0.164 e. The van der Waals surface area contributed by atoms with Crippen LogP contribution >= 0.6 is 11.3 Å². The summed E-state index contributed by atoms with van der Waals surface area (Å²) in [6.07, 6.45) is 0. The minimum absolute atomic E-state index is 0.636. The van der Waals surface area contributed by atoms with Gasteiger partial charge in [-0.05, 0) is 62.3 Å². The lowest BCUT2D eigenvalue weighted by Crippen LogP contribution is -2.01. The van der Waals surface area contributed by atoms with Crippen molar-refractivity contribution in [1.82, 2.24) is 15.0 Å². The number of rotatable bonds is 4. The molecule has 0 fully saturated rings. The molecule has 5 heteroatoms. The van der Waals surface area contributed by atoms with Crippen molar-refractivity contribution >= 4 is 85.8 Å². The molecule has 12 aromatic rings. The molecule has 56 heavy (non-hydrogen) atoms. The van der Waals surface area contributed by atoms with Gasteiger partial charge in [0.1, 0.15) is 11.2 Å². The maximum Gasteiger partial charge on any atom is 0.164 e. The van der Waals surface area contributed by atoms with Crippen LogP contribution in [0, 0.1) is 0 Å². The van der Waals surface area contributed by atoms with Crippen LogP contribution in [-0.4, -0.2) is 15.0 Å². The van der Waals surface area contributed by atoms with Crippen LogP contribution in [0.2, 0.25) is 0 Å². The zero-order valence-corrected chi connectivity index (χ0v) is 30.7. The lowest BCUT2D eigenvalue weighted by Gasteiger charge is -2.14. The predicted molar refractivity (Wildman–Crippen MR) is 234 cm³/mol. The monoisotopic (exact) mass is 731 g/mol. The molecule has 0 amide bonds. The molecule has 0 saturated heterocycles. The van der Waals surface area contributed by atoms with Crippen LogP contribution in [0.4, 0.5) is 0 Å². The van der Waals surface area contributed by atoms with E-state index in [2.05, 4.69) is 152 Å². The van der Waals surface area contributed by atoms with Crippen LogP contribution in [0.5, 0.6) is 0 Å². The molecule has 0 N–H and O–H groups in total. The van der Waals surface area contributed by atoms with Crippen LogP contribution in [-0.2, 0) is 0 Å². The topological polar surface area (TPSA) is 51.8 Å². The summed E-state index contributed by atoms with van der Waals surface area (Å²) < 4.78 is 9.23. The third kappa shape index (κ3) is 4.68. The Morgan fingerprint density at radius 1 is 0.357 bits per heavy atom. The number of aromatic nitrogens is 3. The summed E-state index contributed by atoms with van der Waals surface area (Å²) in [7, 11) is 0. The molecule has 0 saturated carbocycles. The number of para-hydroxylation sites is 1. The maximum atomic E-state index is 6.78. The van der Waals surface area contributed by atoms with Gasteiger partial charge < -0.3 is 4.42 Å². The van der Waals surface area contributed by atoms with Crippen molar-refractivity contribution in [2.75, 3.05) is 0 Å². The molecule has 0 aliphatic heterocycles. The molecular formula is C51H29N3OS. The van der Waals surface area contributed by atoms with Crippen molar-refractivity contribution in [1.29, 1.82) is 0 Å². The number of fused-ring (bicyclic) bond motifs is 11. The van der Waals surface area contributed by atoms with Gasteiger partial charge in [0.2, 0.25) is 0 Å². The number of hydrogen-bond acceptors (Lipinski definition) is 5. The van der Waals surface area contributed by atoms with Gasteiger partial charge in [0.15, 0.2) is 17.5 Å².